The van der Waals surface area contributed by atoms with Gasteiger partial charge in [0, 0.05) is 23.2 Å². The highest BCUT2D eigenvalue weighted by Gasteiger charge is 2.38. The summed E-state index contributed by atoms with van der Waals surface area (Å²) in [6.07, 6.45) is 8.46. The van der Waals surface area contributed by atoms with E-state index in [9.17, 15) is 4.79 Å². The Hall–Kier alpha value is -0.720. The molecule has 2 N–H and O–H groups in total. The third kappa shape index (κ3) is 3.78. The number of amides is 1. The largest absolute Gasteiger partial charge is 0.375 e. The Kier molecular flexibility index (Phi) is 5.00. The standard InChI is InChI=1S/C16H24N2O2S2/c1-11-13(22-15(21)17-11)9-14(19)18-12-5-8-20-16(10-12)6-3-2-4-7-16/h12H,2-10H2,1H3,(H,17,21)(H,18,19). The molecule has 122 valence electrons. The Labute approximate surface area is 140 Å². The monoisotopic (exact) mass is 340 g/mol. The van der Waals surface area contributed by atoms with Crippen LogP contribution in [0.5, 0.6) is 0 Å². The molecule has 6 heteroatoms. The molecule has 1 amide bonds. The Morgan fingerprint density at radius 2 is 2.23 bits per heavy atom. The molecular formula is C16H24N2O2S2. The number of thiazole rings is 1. The Balaban J connectivity index is 1.57. The van der Waals surface area contributed by atoms with Crippen LogP contribution < -0.4 is 5.32 Å². The number of nitrogens with one attached hydrogen (secondary N) is 2. The zero-order valence-electron chi connectivity index (χ0n) is 13.1. The van der Waals surface area contributed by atoms with Crippen LogP contribution in [0.4, 0.5) is 0 Å². The van der Waals surface area contributed by atoms with E-state index in [4.69, 9.17) is 17.0 Å². The van der Waals surface area contributed by atoms with E-state index in [2.05, 4.69) is 10.3 Å². The van der Waals surface area contributed by atoms with Crippen molar-refractivity contribution in [3.8, 4) is 0 Å². The summed E-state index contributed by atoms with van der Waals surface area (Å²) >= 11 is 6.63. The number of rotatable bonds is 3. The summed E-state index contributed by atoms with van der Waals surface area (Å²) in [4.78, 5) is 16.5. The van der Waals surface area contributed by atoms with E-state index in [0.29, 0.717) is 6.42 Å². The third-order valence-electron chi connectivity index (χ3n) is 4.87. The Morgan fingerprint density at radius 1 is 1.45 bits per heavy atom. The maximum absolute atomic E-state index is 12.3. The molecule has 0 radical (unpaired) electrons. The Bertz CT molecular complexity index is 582. The van der Waals surface area contributed by atoms with Crippen molar-refractivity contribution in [3.63, 3.8) is 0 Å². The predicted octanol–water partition coefficient (Wildman–Crippen LogP) is 3.65. The highest BCUT2D eigenvalue weighted by molar-refractivity contribution is 7.73. The van der Waals surface area contributed by atoms with E-state index in [1.165, 1.54) is 30.6 Å². The second kappa shape index (κ2) is 6.81. The molecule has 1 aliphatic heterocycles. The van der Waals surface area contributed by atoms with E-state index in [-0.39, 0.29) is 17.6 Å². The molecule has 1 saturated carbocycles. The second-order valence-corrected chi connectivity index (χ2v) is 8.36. The highest BCUT2D eigenvalue weighted by atomic mass is 32.1. The average Bonchev–Trinajstić information content (AvgIpc) is 2.77. The lowest BCUT2D eigenvalue weighted by atomic mass is 9.78. The number of aromatic nitrogens is 1. The Morgan fingerprint density at radius 3 is 2.91 bits per heavy atom. The molecule has 0 aromatic carbocycles. The summed E-state index contributed by atoms with van der Waals surface area (Å²) in [5, 5.41) is 3.22. The number of hydrogen-bond acceptors (Lipinski definition) is 4. The molecule has 1 unspecified atom stereocenters. The zero-order chi connectivity index (χ0) is 15.6. The molecule has 1 aromatic rings. The van der Waals surface area contributed by atoms with Crippen LogP contribution >= 0.6 is 23.6 Å². The minimum absolute atomic E-state index is 0.0366. The van der Waals surface area contributed by atoms with Gasteiger partial charge in [0.05, 0.1) is 12.0 Å². The lowest BCUT2D eigenvalue weighted by molar-refractivity contribution is -0.128. The maximum Gasteiger partial charge on any atom is 0.225 e. The van der Waals surface area contributed by atoms with Gasteiger partial charge < -0.3 is 15.0 Å². The fourth-order valence-corrected chi connectivity index (χ4v) is 5.02. The van der Waals surface area contributed by atoms with Crippen LogP contribution in [0.25, 0.3) is 0 Å². The van der Waals surface area contributed by atoms with Gasteiger partial charge in [-0.3, -0.25) is 4.79 Å². The summed E-state index contributed by atoms with van der Waals surface area (Å²) in [6.45, 7) is 2.74. The molecule has 22 heavy (non-hydrogen) atoms. The molecule has 1 spiro atoms. The molecule has 1 atom stereocenters. The van der Waals surface area contributed by atoms with E-state index >= 15 is 0 Å². The number of ether oxygens (including phenoxy) is 1. The predicted molar refractivity (Wildman–Crippen MR) is 90.9 cm³/mol. The summed E-state index contributed by atoms with van der Waals surface area (Å²) in [5.74, 6) is 0.103. The molecule has 2 aliphatic rings. The molecule has 2 heterocycles. The summed E-state index contributed by atoms with van der Waals surface area (Å²) in [6, 6.07) is 0.256. The first-order chi connectivity index (χ1) is 10.6. The molecule has 1 aromatic heterocycles. The fraction of sp³-hybridized carbons (Fsp3) is 0.750. The van der Waals surface area contributed by atoms with Gasteiger partial charge in [-0.2, -0.15) is 0 Å². The summed E-state index contributed by atoms with van der Waals surface area (Å²) in [5.41, 5.74) is 1.05. The van der Waals surface area contributed by atoms with Crippen molar-refractivity contribution >= 4 is 29.5 Å². The number of aryl methyl sites for hydroxylation is 1. The molecule has 3 rings (SSSR count). The topological polar surface area (TPSA) is 54.1 Å². The summed E-state index contributed by atoms with van der Waals surface area (Å²) in [7, 11) is 0. The molecule has 1 aliphatic carbocycles. The van der Waals surface area contributed by atoms with Crippen LogP contribution in [0.1, 0.15) is 55.5 Å². The smallest absolute Gasteiger partial charge is 0.225 e. The third-order valence-corrected chi connectivity index (χ3v) is 6.20. The van der Waals surface area contributed by atoms with Gasteiger partial charge in [0.15, 0.2) is 3.95 Å². The van der Waals surface area contributed by atoms with Gasteiger partial charge in [0.25, 0.3) is 0 Å². The number of H-pyrrole nitrogens is 1. The lowest BCUT2D eigenvalue weighted by Gasteiger charge is -2.43. The van der Waals surface area contributed by atoms with Crippen molar-refractivity contribution < 1.29 is 9.53 Å². The minimum Gasteiger partial charge on any atom is -0.375 e. The van der Waals surface area contributed by atoms with Gasteiger partial charge >= 0.3 is 0 Å². The number of aromatic amines is 1. The summed E-state index contributed by atoms with van der Waals surface area (Å²) < 4.78 is 6.83. The van der Waals surface area contributed by atoms with Gasteiger partial charge in [0.2, 0.25) is 5.91 Å². The first-order valence-corrected chi connectivity index (χ1v) is 9.41. The van der Waals surface area contributed by atoms with Crippen molar-refractivity contribution in [2.75, 3.05) is 6.61 Å². The van der Waals surface area contributed by atoms with Crippen LogP contribution in [0, 0.1) is 10.9 Å². The fourth-order valence-electron chi connectivity index (χ4n) is 3.73. The zero-order valence-corrected chi connectivity index (χ0v) is 14.7. The van der Waals surface area contributed by atoms with Crippen molar-refractivity contribution in [1.82, 2.24) is 10.3 Å². The molecule has 1 saturated heterocycles. The van der Waals surface area contributed by atoms with Gasteiger partial charge in [0.1, 0.15) is 0 Å². The van der Waals surface area contributed by atoms with Crippen molar-refractivity contribution in [2.45, 2.75) is 69.9 Å². The van der Waals surface area contributed by atoms with Crippen LogP contribution in [-0.4, -0.2) is 29.1 Å². The number of carbonyl (C=O) groups excluding carboxylic acids is 1. The molecule has 4 nitrogen and oxygen atoms in total. The SMILES string of the molecule is Cc1[nH]c(=S)sc1CC(=O)NC1CCOC2(CCCCC2)C1. The van der Waals surface area contributed by atoms with Crippen LogP contribution in [0.3, 0.4) is 0 Å². The maximum atomic E-state index is 12.3. The van der Waals surface area contributed by atoms with Crippen molar-refractivity contribution in [1.29, 1.82) is 0 Å². The minimum atomic E-state index is 0.0366. The van der Waals surface area contributed by atoms with Crippen LogP contribution in [0.15, 0.2) is 0 Å². The van der Waals surface area contributed by atoms with E-state index in [1.807, 2.05) is 6.92 Å². The van der Waals surface area contributed by atoms with Gasteiger partial charge in [-0.15, -0.1) is 11.3 Å². The second-order valence-electron chi connectivity index (χ2n) is 6.59. The number of hydrogen-bond donors (Lipinski definition) is 2. The quantitative estimate of drug-likeness (QED) is 0.826. The van der Waals surface area contributed by atoms with Crippen LogP contribution in [-0.2, 0) is 16.0 Å². The average molecular weight is 341 g/mol. The highest BCUT2D eigenvalue weighted by Crippen LogP contribution is 2.38. The lowest BCUT2D eigenvalue weighted by Crippen LogP contribution is -2.49. The van der Waals surface area contributed by atoms with Gasteiger partial charge in [-0.1, -0.05) is 19.3 Å². The number of carbonyl (C=O) groups is 1. The first kappa shape index (κ1) is 16.1. The molecule has 2 fully saturated rings. The van der Waals surface area contributed by atoms with Crippen LogP contribution in [0.2, 0.25) is 0 Å². The van der Waals surface area contributed by atoms with E-state index in [1.54, 1.807) is 0 Å². The molecular weight excluding hydrogens is 316 g/mol. The van der Waals surface area contributed by atoms with Crippen molar-refractivity contribution in [3.05, 3.63) is 14.5 Å². The molecule has 0 bridgehead atoms. The van der Waals surface area contributed by atoms with Gasteiger partial charge in [-0.25, -0.2) is 0 Å². The first-order valence-electron chi connectivity index (χ1n) is 8.18. The van der Waals surface area contributed by atoms with Gasteiger partial charge in [-0.05, 0) is 44.8 Å². The normalized spacial score (nSPS) is 24.3. The van der Waals surface area contributed by atoms with E-state index < -0.39 is 0 Å². The van der Waals surface area contributed by atoms with Crippen molar-refractivity contribution in [2.24, 2.45) is 0 Å². The van der Waals surface area contributed by atoms with E-state index in [0.717, 1.165) is 46.8 Å².